The fourth-order valence-electron chi connectivity index (χ4n) is 4.53. The number of anilines is 2. The summed E-state index contributed by atoms with van der Waals surface area (Å²) in [5.41, 5.74) is 3.13. The number of carbonyl (C=O) groups is 1. The highest BCUT2D eigenvalue weighted by Crippen LogP contribution is 2.43. The van der Waals surface area contributed by atoms with Crippen molar-refractivity contribution in [3.63, 3.8) is 0 Å². The normalized spacial score (nSPS) is 16.9. The summed E-state index contributed by atoms with van der Waals surface area (Å²) in [6.07, 6.45) is 5.52. The Morgan fingerprint density at radius 3 is 2.57 bits per heavy atom. The molecule has 0 radical (unpaired) electrons. The molecule has 10 heteroatoms. The van der Waals surface area contributed by atoms with Crippen LogP contribution in [-0.2, 0) is 9.53 Å². The molecule has 0 saturated carbocycles. The van der Waals surface area contributed by atoms with Crippen LogP contribution in [0.5, 0.6) is 5.75 Å². The van der Waals surface area contributed by atoms with E-state index in [1.807, 2.05) is 76.3 Å². The van der Waals surface area contributed by atoms with Crippen LogP contribution in [0.4, 0.5) is 11.4 Å². The van der Waals surface area contributed by atoms with Gasteiger partial charge in [-0.05, 0) is 66.8 Å². The van der Waals surface area contributed by atoms with Gasteiger partial charge < -0.3 is 29.6 Å². The molecule has 0 spiro atoms. The summed E-state index contributed by atoms with van der Waals surface area (Å²) < 4.78 is 12.5. The van der Waals surface area contributed by atoms with Crippen LogP contribution in [0.25, 0.3) is 5.82 Å². The van der Waals surface area contributed by atoms with Crippen LogP contribution >= 0.6 is 12.2 Å². The van der Waals surface area contributed by atoms with Gasteiger partial charge in [0.15, 0.2) is 5.11 Å². The second-order valence-electron chi connectivity index (χ2n) is 8.35. The summed E-state index contributed by atoms with van der Waals surface area (Å²) in [6.45, 7) is -0.0704. The molecule has 4 heterocycles. The van der Waals surface area contributed by atoms with E-state index in [9.17, 15) is 4.79 Å². The van der Waals surface area contributed by atoms with Gasteiger partial charge in [0.2, 0.25) is 5.91 Å². The number of carbonyl (C=O) groups excluding carboxylic acids is 1. The Hall–Kier alpha value is -4.28. The molecule has 2 N–H and O–H groups in total. The van der Waals surface area contributed by atoms with Gasteiger partial charge in [-0.15, -0.1) is 0 Å². The van der Waals surface area contributed by atoms with Crippen molar-refractivity contribution in [3.8, 4) is 11.6 Å². The van der Waals surface area contributed by atoms with Crippen molar-refractivity contribution in [2.24, 2.45) is 0 Å². The number of nitrogens with zero attached hydrogens (tertiary/aromatic N) is 4. The fourth-order valence-corrected chi connectivity index (χ4v) is 4.88. The first-order valence-electron chi connectivity index (χ1n) is 11.7. The number of rotatable bonds is 8. The van der Waals surface area contributed by atoms with Gasteiger partial charge in [-0.3, -0.25) is 9.78 Å². The van der Waals surface area contributed by atoms with Crippen LogP contribution in [0, 0.1) is 0 Å². The molecule has 37 heavy (non-hydrogen) atoms. The minimum Gasteiger partial charge on any atom is -0.495 e. The molecule has 188 valence electrons. The van der Waals surface area contributed by atoms with E-state index < -0.39 is 0 Å². The van der Waals surface area contributed by atoms with Gasteiger partial charge in [0.05, 0.1) is 24.5 Å². The number of nitrogens with one attached hydrogen (secondary N) is 2. The highest BCUT2D eigenvalue weighted by Gasteiger charge is 2.42. The summed E-state index contributed by atoms with van der Waals surface area (Å²) >= 11 is 5.87. The van der Waals surface area contributed by atoms with Gasteiger partial charge in [0, 0.05) is 37.1 Å². The fraction of sp³-hybridized carbons (Fsp3) is 0.185. The zero-order valence-corrected chi connectivity index (χ0v) is 21.2. The van der Waals surface area contributed by atoms with Crippen molar-refractivity contribution < 1.29 is 14.3 Å². The number of methoxy groups -OCH3 is 2. The van der Waals surface area contributed by atoms with Crippen molar-refractivity contribution in [3.05, 3.63) is 96.7 Å². The molecule has 9 nitrogen and oxygen atoms in total. The van der Waals surface area contributed by atoms with Crippen LogP contribution in [0.1, 0.15) is 23.5 Å². The Bertz CT molecular complexity index is 1400. The third kappa shape index (κ3) is 4.89. The maximum Gasteiger partial charge on any atom is 0.250 e. The second kappa shape index (κ2) is 10.8. The van der Waals surface area contributed by atoms with Crippen molar-refractivity contribution in [2.75, 3.05) is 31.0 Å². The average molecular weight is 515 g/mol. The van der Waals surface area contributed by atoms with E-state index in [0.717, 1.165) is 22.9 Å². The molecule has 2 atom stereocenters. The summed E-state index contributed by atoms with van der Waals surface area (Å²) in [6, 6.07) is 20.7. The molecule has 0 aliphatic carbocycles. The topological polar surface area (TPSA) is 93.5 Å². The van der Waals surface area contributed by atoms with Crippen LogP contribution in [0.2, 0.25) is 0 Å². The van der Waals surface area contributed by atoms with Gasteiger partial charge in [0.1, 0.15) is 24.2 Å². The zero-order valence-electron chi connectivity index (χ0n) is 20.4. The first kappa shape index (κ1) is 24.4. The molecule has 1 amide bonds. The number of hydrogen-bond acceptors (Lipinski definition) is 6. The molecule has 5 rings (SSSR count). The van der Waals surface area contributed by atoms with Gasteiger partial charge in [0.25, 0.3) is 0 Å². The molecular weight excluding hydrogens is 488 g/mol. The Morgan fingerprint density at radius 1 is 1.05 bits per heavy atom. The second-order valence-corrected chi connectivity index (χ2v) is 8.74. The molecule has 1 saturated heterocycles. The Kier molecular flexibility index (Phi) is 7.11. The van der Waals surface area contributed by atoms with E-state index in [2.05, 4.69) is 26.7 Å². The van der Waals surface area contributed by atoms with E-state index >= 15 is 0 Å². The highest BCUT2D eigenvalue weighted by atomic mass is 32.1. The van der Waals surface area contributed by atoms with E-state index in [-0.39, 0.29) is 24.6 Å². The lowest BCUT2D eigenvalue weighted by Gasteiger charge is -2.29. The van der Waals surface area contributed by atoms with E-state index in [1.54, 1.807) is 19.5 Å². The average Bonchev–Trinajstić information content (AvgIpc) is 3.54. The standard InChI is InChI=1S/C27H26N6O3S/c1-35-17-24(34)30-20-16-18(11-12-22(20)36-2)33-26(25(31-27(33)37)19-8-3-5-13-28-19)21-9-7-15-32(21)23-10-4-6-14-29-23/h3-16,25-26H,17H2,1-2H3,(H,30,34)(H,31,37)/t25-,26+/m1/s1. The SMILES string of the molecule is COCC(=O)Nc1cc(N2C(=S)N[C@H](c3ccccn3)[C@@H]2c2cccn2-c2ccccn2)ccc1OC. The number of thiocarbonyl (C=S) groups is 1. The van der Waals surface area contributed by atoms with Crippen LogP contribution in [0.3, 0.4) is 0 Å². The summed E-state index contributed by atoms with van der Waals surface area (Å²) in [5, 5.41) is 6.87. The van der Waals surface area contributed by atoms with Gasteiger partial charge in [-0.25, -0.2) is 4.98 Å². The molecule has 1 aliphatic heterocycles. The zero-order chi connectivity index (χ0) is 25.8. The van der Waals surface area contributed by atoms with Crippen LogP contribution in [-0.4, -0.2) is 46.4 Å². The lowest BCUT2D eigenvalue weighted by molar-refractivity contribution is -0.119. The Morgan fingerprint density at radius 2 is 1.86 bits per heavy atom. The molecule has 0 bridgehead atoms. The lowest BCUT2D eigenvalue weighted by Crippen LogP contribution is -2.30. The molecule has 0 unspecified atom stereocenters. The molecular formula is C27H26N6O3S. The third-order valence-electron chi connectivity index (χ3n) is 6.09. The van der Waals surface area contributed by atoms with Crippen LogP contribution in [0.15, 0.2) is 85.3 Å². The number of pyridine rings is 2. The quantitative estimate of drug-likeness (QED) is 0.341. The predicted molar refractivity (Wildman–Crippen MR) is 145 cm³/mol. The van der Waals surface area contributed by atoms with E-state index in [1.165, 1.54) is 7.11 Å². The predicted octanol–water partition coefficient (Wildman–Crippen LogP) is 4.04. The van der Waals surface area contributed by atoms with Gasteiger partial charge in [-0.2, -0.15) is 0 Å². The van der Waals surface area contributed by atoms with Crippen molar-refractivity contribution >= 4 is 34.6 Å². The van der Waals surface area contributed by atoms with Crippen molar-refractivity contribution in [2.45, 2.75) is 12.1 Å². The van der Waals surface area contributed by atoms with Crippen molar-refractivity contribution in [1.82, 2.24) is 19.9 Å². The van der Waals surface area contributed by atoms with Crippen LogP contribution < -0.4 is 20.3 Å². The maximum absolute atomic E-state index is 12.3. The lowest BCUT2D eigenvalue weighted by atomic mass is 10.0. The summed E-state index contributed by atoms with van der Waals surface area (Å²) in [7, 11) is 3.03. The maximum atomic E-state index is 12.3. The molecule has 1 fully saturated rings. The minimum atomic E-state index is -0.285. The first-order valence-corrected chi connectivity index (χ1v) is 12.1. The minimum absolute atomic E-state index is 0.0704. The smallest absolute Gasteiger partial charge is 0.250 e. The number of benzene rings is 1. The van der Waals surface area contributed by atoms with Gasteiger partial charge >= 0.3 is 0 Å². The Balaban J connectivity index is 1.62. The third-order valence-corrected chi connectivity index (χ3v) is 6.40. The van der Waals surface area contributed by atoms with Gasteiger partial charge in [-0.1, -0.05) is 12.1 Å². The number of ether oxygens (including phenoxy) is 2. The monoisotopic (exact) mass is 514 g/mol. The molecule has 3 aromatic heterocycles. The first-order chi connectivity index (χ1) is 18.1. The Labute approximate surface area is 220 Å². The largest absolute Gasteiger partial charge is 0.495 e. The number of hydrogen-bond donors (Lipinski definition) is 2. The van der Waals surface area contributed by atoms with Crippen molar-refractivity contribution in [1.29, 1.82) is 0 Å². The highest BCUT2D eigenvalue weighted by molar-refractivity contribution is 7.80. The summed E-state index contributed by atoms with van der Waals surface area (Å²) in [4.78, 5) is 23.5. The number of amides is 1. The summed E-state index contributed by atoms with van der Waals surface area (Å²) in [5.74, 6) is 1.04. The van der Waals surface area contributed by atoms with E-state index in [4.69, 9.17) is 21.7 Å². The molecule has 1 aromatic carbocycles. The molecule has 4 aromatic rings. The number of aromatic nitrogens is 3. The molecule has 1 aliphatic rings. The van der Waals surface area contributed by atoms with E-state index in [0.29, 0.717) is 16.5 Å².